The first kappa shape index (κ1) is 15.8. The predicted molar refractivity (Wildman–Crippen MR) is 79.5 cm³/mol. The van der Waals surface area contributed by atoms with Gasteiger partial charge in [0, 0.05) is 26.7 Å². The number of hydrogen-bond acceptors (Lipinski definition) is 4. The highest BCUT2D eigenvalue weighted by Crippen LogP contribution is 2.19. The molecule has 1 rings (SSSR count). The molecule has 108 valence electrons. The van der Waals surface area contributed by atoms with Crippen molar-refractivity contribution >= 4 is 5.69 Å². The third kappa shape index (κ3) is 6.45. The fourth-order valence-electron chi connectivity index (χ4n) is 1.93. The summed E-state index contributed by atoms with van der Waals surface area (Å²) in [7, 11) is 1.73. The highest BCUT2D eigenvalue weighted by molar-refractivity contribution is 5.51. The van der Waals surface area contributed by atoms with Crippen molar-refractivity contribution in [1.29, 1.82) is 0 Å². The van der Waals surface area contributed by atoms with Crippen molar-refractivity contribution in [2.45, 2.75) is 13.8 Å². The lowest BCUT2D eigenvalue weighted by molar-refractivity contribution is 0.127. The second-order valence-electron chi connectivity index (χ2n) is 5.07. The number of nitrogen functional groups attached to an aromatic ring is 1. The Hall–Kier alpha value is -1.26. The van der Waals surface area contributed by atoms with Gasteiger partial charge >= 0.3 is 0 Å². The Balaban J connectivity index is 2.36. The molecule has 0 bridgehead atoms. The molecule has 0 spiro atoms. The minimum atomic E-state index is 0.638. The third-order valence-corrected chi connectivity index (χ3v) is 2.82. The predicted octanol–water partition coefficient (Wildman–Crippen LogP) is 2.25. The molecule has 1 aromatic carbocycles. The molecule has 19 heavy (non-hydrogen) atoms. The first-order chi connectivity index (χ1) is 9.13. The first-order valence-corrected chi connectivity index (χ1v) is 6.82. The second kappa shape index (κ2) is 8.77. The van der Waals surface area contributed by atoms with E-state index in [1.54, 1.807) is 7.11 Å². The zero-order valence-corrected chi connectivity index (χ0v) is 12.3. The Kier molecular flexibility index (Phi) is 7.30. The maximum atomic E-state index is 5.84. The number of ether oxygens (including phenoxy) is 2. The molecule has 0 aromatic heterocycles. The van der Waals surface area contributed by atoms with Gasteiger partial charge in [-0.25, -0.2) is 0 Å². The second-order valence-corrected chi connectivity index (χ2v) is 5.07. The number of nitrogens with zero attached hydrogens (tertiary/aromatic N) is 1. The molecule has 2 N–H and O–H groups in total. The Morgan fingerprint density at radius 2 is 1.84 bits per heavy atom. The standard InChI is InChI=1S/C15H26N2O2/c1-13(2)12-17(8-10-18-3)9-11-19-15-7-5-4-6-14(15)16/h4-7,13H,8-12,16H2,1-3H3. The van der Waals surface area contributed by atoms with E-state index in [9.17, 15) is 0 Å². The molecule has 4 heteroatoms. The van der Waals surface area contributed by atoms with Crippen LogP contribution in [0.2, 0.25) is 0 Å². The zero-order chi connectivity index (χ0) is 14.1. The van der Waals surface area contributed by atoms with E-state index < -0.39 is 0 Å². The molecule has 0 atom stereocenters. The van der Waals surface area contributed by atoms with Crippen LogP contribution in [0.25, 0.3) is 0 Å². The average Bonchev–Trinajstić information content (AvgIpc) is 2.37. The minimum Gasteiger partial charge on any atom is -0.490 e. The minimum absolute atomic E-state index is 0.638. The Labute approximate surface area is 116 Å². The highest BCUT2D eigenvalue weighted by Gasteiger charge is 2.07. The lowest BCUT2D eigenvalue weighted by Crippen LogP contribution is -2.34. The fraction of sp³-hybridized carbons (Fsp3) is 0.600. The fourth-order valence-corrected chi connectivity index (χ4v) is 1.93. The largest absolute Gasteiger partial charge is 0.490 e. The molecule has 0 aliphatic carbocycles. The number of para-hydroxylation sites is 2. The van der Waals surface area contributed by atoms with Crippen molar-refractivity contribution in [1.82, 2.24) is 4.90 Å². The van der Waals surface area contributed by atoms with Crippen LogP contribution in [0.1, 0.15) is 13.8 Å². The van der Waals surface area contributed by atoms with E-state index in [0.29, 0.717) is 18.2 Å². The molecular weight excluding hydrogens is 240 g/mol. The lowest BCUT2D eigenvalue weighted by Gasteiger charge is -2.24. The molecule has 0 saturated heterocycles. The van der Waals surface area contributed by atoms with Crippen molar-refractivity contribution in [2.24, 2.45) is 5.92 Å². The van der Waals surface area contributed by atoms with Crippen LogP contribution in [0.4, 0.5) is 5.69 Å². The summed E-state index contributed by atoms with van der Waals surface area (Å²) in [6.07, 6.45) is 0. The Morgan fingerprint density at radius 1 is 1.16 bits per heavy atom. The van der Waals surface area contributed by atoms with E-state index in [1.165, 1.54) is 0 Å². The van der Waals surface area contributed by atoms with Gasteiger partial charge in [0.05, 0.1) is 12.3 Å². The van der Waals surface area contributed by atoms with Gasteiger partial charge in [0.15, 0.2) is 0 Å². The van der Waals surface area contributed by atoms with Gasteiger partial charge in [-0.3, -0.25) is 4.90 Å². The van der Waals surface area contributed by atoms with E-state index in [4.69, 9.17) is 15.2 Å². The monoisotopic (exact) mass is 266 g/mol. The Bertz CT molecular complexity index is 356. The number of rotatable bonds is 9. The molecule has 0 fully saturated rings. The van der Waals surface area contributed by atoms with E-state index in [0.717, 1.165) is 32.0 Å². The number of nitrogens with two attached hydrogens (primary N) is 1. The van der Waals surface area contributed by atoms with Gasteiger partial charge in [0.1, 0.15) is 12.4 Å². The van der Waals surface area contributed by atoms with Crippen LogP contribution in [0.3, 0.4) is 0 Å². The summed E-state index contributed by atoms with van der Waals surface area (Å²) in [4.78, 5) is 2.35. The number of methoxy groups -OCH3 is 1. The molecule has 0 saturated carbocycles. The summed E-state index contributed by atoms with van der Waals surface area (Å²) in [6.45, 7) is 8.70. The van der Waals surface area contributed by atoms with Crippen LogP contribution in [0.15, 0.2) is 24.3 Å². The molecule has 0 aliphatic heterocycles. The van der Waals surface area contributed by atoms with E-state index in [1.807, 2.05) is 24.3 Å². The summed E-state index contributed by atoms with van der Waals surface area (Å²) in [5.74, 6) is 1.40. The summed E-state index contributed by atoms with van der Waals surface area (Å²) in [5.41, 5.74) is 6.53. The van der Waals surface area contributed by atoms with Gasteiger partial charge in [-0.1, -0.05) is 26.0 Å². The van der Waals surface area contributed by atoms with Gasteiger partial charge in [-0.2, -0.15) is 0 Å². The maximum Gasteiger partial charge on any atom is 0.142 e. The molecule has 1 aromatic rings. The van der Waals surface area contributed by atoms with Crippen LogP contribution in [0.5, 0.6) is 5.75 Å². The zero-order valence-electron chi connectivity index (χ0n) is 12.3. The van der Waals surface area contributed by atoms with Crippen LogP contribution in [0, 0.1) is 5.92 Å². The van der Waals surface area contributed by atoms with Crippen molar-refractivity contribution < 1.29 is 9.47 Å². The van der Waals surface area contributed by atoms with Crippen molar-refractivity contribution in [3.63, 3.8) is 0 Å². The van der Waals surface area contributed by atoms with Gasteiger partial charge < -0.3 is 15.2 Å². The molecular formula is C15H26N2O2. The number of hydrogen-bond donors (Lipinski definition) is 1. The highest BCUT2D eigenvalue weighted by atomic mass is 16.5. The lowest BCUT2D eigenvalue weighted by atomic mass is 10.2. The normalized spacial score (nSPS) is 11.2. The molecule has 0 radical (unpaired) electrons. The molecule has 0 heterocycles. The van der Waals surface area contributed by atoms with E-state index in [-0.39, 0.29) is 0 Å². The smallest absolute Gasteiger partial charge is 0.142 e. The van der Waals surface area contributed by atoms with E-state index in [2.05, 4.69) is 18.7 Å². The van der Waals surface area contributed by atoms with Gasteiger partial charge in [0.2, 0.25) is 0 Å². The Morgan fingerprint density at radius 3 is 2.47 bits per heavy atom. The summed E-state index contributed by atoms with van der Waals surface area (Å²) in [6, 6.07) is 7.60. The topological polar surface area (TPSA) is 47.7 Å². The summed E-state index contributed by atoms with van der Waals surface area (Å²) in [5, 5.41) is 0. The molecule has 0 unspecified atom stereocenters. The van der Waals surface area contributed by atoms with Crippen LogP contribution >= 0.6 is 0 Å². The quantitative estimate of drug-likeness (QED) is 0.696. The van der Waals surface area contributed by atoms with Crippen molar-refractivity contribution in [3.05, 3.63) is 24.3 Å². The van der Waals surface area contributed by atoms with Crippen LogP contribution in [-0.4, -0.2) is 44.9 Å². The van der Waals surface area contributed by atoms with Crippen molar-refractivity contribution in [2.75, 3.05) is 45.7 Å². The van der Waals surface area contributed by atoms with Crippen LogP contribution in [-0.2, 0) is 4.74 Å². The van der Waals surface area contributed by atoms with Crippen molar-refractivity contribution in [3.8, 4) is 5.75 Å². The summed E-state index contributed by atoms with van der Waals surface area (Å²) < 4.78 is 10.9. The summed E-state index contributed by atoms with van der Waals surface area (Å²) >= 11 is 0. The molecule has 4 nitrogen and oxygen atoms in total. The van der Waals surface area contributed by atoms with Crippen LogP contribution < -0.4 is 10.5 Å². The average molecular weight is 266 g/mol. The van der Waals surface area contributed by atoms with Gasteiger partial charge in [-0.05, 0) is 18.1 Å². The molecule has 0 aliphatic rings. The SMILES string of the molecule is COCCN(CCOc1ccccc1N)CC(C)C. The van der Waals surface area contributed by atoms with E-state index >= 15 is 0 Å². The number of benzene rings is 1. The first-order valence-electron chi connectivity index (χ1n) is 6.82. The van der Waals surface area contributed by atoms with Gasteiger partial charge in [-0.15, -0.1) is 0 Å². The molecule has 0 amide bonds. The third-order valence-electron chi connectivity index (χ3n) is 2.82. The number of anilines is 1. The maximum absolute atomic E-state index is 5.84. The van der Waals surface area contributed by atoms with Gasteiger partial charge in [0.25, 0.3) is 0 Å².